The number of hydrogen-bond donors (Lipinski definition) is 0. The van der Waals surface area contributed by atoms with Gasteiger partial charge in [-0.3, -0.25) is 0 Å². The van der Waals surface area contributed by atoms with E-state index in [4.69, 9.17) is 4.74 Å². The third-order valence-corrected chi connectivity index (χ3v) is 2.48. The molecular formula is C13H22OS. The normalized spacial score (nSPS) is 9.07. The van der Waals surface area contributed by atoms with E-state index in [1.54, 1.807) is 0 Å². The molecule has 0 saturated carbocycles. The molecule has 0 aliphatic carbocycles. The van der Waals surface area contributed by atoms with Crippen LogP contribution in [0.1, 0.15) is 25.8 Å². The Morgan fingerprint density at radius 2 is 1.73 bits per heavy atom. The van der Waals surface area contributed by atoms with Crippen molar-refractivity contribution < 1.29 is 4.74 Å². The van der Waals surface area contributed by atoms with Gasteiger partial charge in [0.1, 0.15) is 5.75 Å². The highest BCUT2D eigenvalue weighted by Crippen LogP contribution is 2.11. The van der Waals surface area contributed by atoms with Crippen molar-refractivity contribution >= 4 is 11.8 Å². The van der Waals surface area contributed by atoms with Gasteiger partial charge in [-0.05, 0) is 37.5 Å². The molecule has 1 aromatic carbocycles. The van der Waals surface area contributed by atoms with Crippen molar-refractivity contribution in [1.82, 2.24) is 0 Å². The summed E-state index contributed by atoms with van der Waals surface area (Å²) in [4.78, 5) is 0. The van der Waals surface area contributed by atoms with Crippen LogP contribution in [0, 0.1) is 6.92 Å². The average molecular weight is 226 g/mol. The molecule has 2 heteroatoms. The van der Waals surface area contributed by atoms with Crippen molar-refractivity contribution in [1.29, 1.82) is 0 Å². The maximum Gasteiger partial charge on any atom is 0.119 e. The molecule has 0 spiro atoms. The van der Waals surface area contributed by atoms with Crippen LogP contribution in [0.25, 0.3) is 0 Å². The summed E-state index contributed by atoms with van der Waals surface area (Å²) in [5.41, 5.74) is 1.27. The molecule has 0 aromatic heterocycles. The number of rotatable bonds is 5. The van der Waals surface area contributed by atoms with E-state index in [0.29, 0.717) is 0 Å². The summed E-state index contributed by atoms with van der Waals surface area (Å²) in [5.74, 6) is 2.15. The van der Waals surface area contributed by atoms with Crippen LogP contribution < -0.4 is 4.74 Å². The second-order valence-electron chi connectivity index (χ2n) is 3.01. The lowest BCUT2D eigenvalue weighted by Gasteiger charge is -2.05. The second kappa shape index (κ2) is 9.91. The first-order valence-corrected chi connectivity index (χ1v) is 6.90. The standard InChI is InChI=1S/C11H16OS.C2H6/c1-10-4-6-11(7-5-10)12-8-3-9-13-2;1-2/h4-7H,3,8-9H2,1-2H3;1-2H3. The zero-order valence-corrected chi connectivity index (χ0v) is 11.1. The highest BCUT2D eigenvalue weighted by atomic mass is 32.2. The highest BCUT2D eigenvalue weighted by molar-refractivity contribution is 7.98. The van der Waals surface area contributed by atoms with Crippen molar-refractivity contribution in [2.75, 3.05) is 18.6 Å². The number of hydrogen-bond acceptors (Lipinski definition) is 2. The Morgan fingerprint density at radius 1 is 1.13 bits per heavy atom. The van der Waals surface area contributed by atoms with E-state index in [1.165, 1.54) is 11.3 Å². The largest absolute Gasteiger partial charge is 0.494 e. The van der Waals surface area contributed by atoms with Crippen molar-refractivity contribution in [2.45, 2.75) is 27.2 Å². The van der Waals surface area contributed by atoms with Gasteiger partial charge in [0.05, 0.1) is 6.61 Å². The number of benzene rings is 1. The summed E-state index contributed by atoms with van der Waals surface area (Å²) in [7, 11) is 0. The smallest absolute Gasteiger partial charge is 0.119 e. The van der Waals surface area contributed by atoms with Gasteiger partial charge in [0.2, 0.25) is 0 Å². The van der Waals surface area contributed by atoms with Gasteiger partial charge in [-0.15, -0.1) is 0 Å². The van der Waals surface area contributed by atoms with Crippen molar-refractivity contribution in [2.24, 2.45) is 0 Å². The monoisotopic (exact) mass is 226 g/mol. The van der Waals surface area contributed by atoms with Crippen LogP contribution in [0.3, 0.4) is 0 Å². The van der Waals surface area contributed by atoms with Gasteiger partial charge in [-0.1, -0.05) is 31.5 Å². The number of aryl methyl sites for hydroxylation is 1. The quantitative estimate of drug-likeness (QED) is 0.697. The minimum atomic E-state index is 0.823. The summed E-state index contributed by atoms with van der Waals surface area (Å²) in [5, 5.41) is 0. The average Bonchev–Trinajstić information content (AvgIpc) is 2.30. The minimum Gasteiger partial charge on any atom is -0.494 e. The van der Waals surface area contributed by atoms with Gasteiger partial charge in [0.15, 0.2) is 0 Å². The first-order chi connectivity index (χ1) is 7.33. The predicted molar refractivity (Wildman–Crippen MR) is 71.0 cm³/mol. The van der Waals surface area contributed by atoms with Crippen LogP contribution >= 0.6 is 11.8 Å². The van der Waals surface area contributed by atoms with Gasteiger partial charge >= 0.3 is 0 Å². The molecular weight excluding hydrogens is 204 g/mol. The molecule has 0 aliphatic rings. The van der Waals surface area contributed by atoms with E-state index < -0.39 is 0 Å². The maximum atomic E-state index is 5.55. The van der Waals surface area contributed by atoms with E-state index in [2.05, 4.69) is 25.3 Å². The second-order valence-corrected chi connectivity index (χ2v) is 3.99. The van der Waals surface area contributed by atoms with E-state index in [9.17, 15) is 0 Å². The summed E-state index contributed by atoms with van der Waals surface area (Å²) in [6.45, 7) is 6.90. The van der Waals surface area contributed by atoms with Gasteiger partial charge in [0.25, 0.3) is 0 Å². The predicted octanol–water partition coefficient (Wildman–Crippen LogP) is 4.15. The molecule has 86 valence electrons. The Hall–Kier alpha value is -0.630. The summed E-state index contributed by atoms with van der Waals surface area (Å²) in [6, 6.07) is 8.19. The maximum absolute atomic E-state index is 5.55. The van der Waals surface area contributed by atoms with Crippen molar-refractivity contribution in [3.63, 3.8) is 0 Å². The molecule has 0 radical (unpaired) electrons. The molecule has 0 saturated heterocycles. The fourth-order valence-corrected chi connectivity index (χ4v) is 1.43. The van der Waals surface area contributed by atoms with Gasteiger partial charge in [-0.25, -0.2) is 0 Å². The molecule has 1 aromatic rings. The van der Waals surface area contributed by atoms with Gasteiger partial charge in [0, 0.05) is 0 Å². The molecule has 0 heterocycles. The third-order valence-electron chi connectivity index (χ3n) is 1.78. The summed E-state index contributed by atoms with van der Waals surface area (Å²) in [6.07, 6.45) is 3.24. The molecule has 1 nitrogen and oxygen atoms in total. The molecule has 0 aliphatic heterocycles. The molecule has 1 rings (SSSR count). The first kappa shape index (κ1) is 14.4. The molecule has 0 atom stereocenters. The first-order valence-electron chi connectivity index (χ1n) is 5.51. The van der Waals surface area contributed by atoms with Crippen LogP contribution in [-0.2, 0) is 0 Å². The minimum absolute atomic E-state index is 0.823. The van der Waals surface area contributed by atoms with Crippen molar-refractivity contribution in [3.8, 4) is 5.75 Å². The summed E-state index contributed by atoms with van der Waals surface area (Å²) < 4.78 is 5.55. The Labute approximate surface area is 98.2 Å². The van der Waals surface area contributed by atoms with E-state index >= 15 is 0 Å². The van der Waals surface area contributed by atoms with Gasteiger partial charge < -0.3 is 4.74 Å². The Balaban J connectivity index is 0.000000921. The van der Waals surface area contributed by atoms with Crippen LogP contribution in [0.15, 0.2) is 24.3 Å². The molecule has 15 heavy (non-hydrogen) atoms. The zero-order valence-electron chi connectivity index (χ0n) is 10.2. The third kappa shape index (κ3) is 7.32. The Bertz CT molecular complexity index is 231. The topological polar surface area (TPSA) is 9.23 Å². The molecule has 0 bridgehead atoms. The van der Waals surface area contributed by atoms with E-state index in [0.717, 1.165) is 18.8 Å². The van der Waals surface area contributed by atoms with Crippen LogP contribution in [-0.4, -0.2) is 18.6 Å². The molecule has 0 N–H and O–H groups in total. The number of ether oxygens (including phenoxy) is 1. The van der Waals surface area contributed by atoms with Gasteiger partial charge in [-0.2, -0.15) is 11.8 Å². The van der Waals surface area contributed by atoms with Crippen LogP contribution in [0.2, 0.25) is 0 Å². The fraction of sp³-hybridized carbons (Fsp3) is 0.538. The zero-order chi connectivity index (χ0) is 11.5. The molecule has 0 unspecified atom stereocenters. The molecule has 0 fully saturated rings. The lowest BCUT2D eigenvalue weighted by atomic mass is 10.2. The number of thioether (sulfide) groups is 1. The lowest BCUT2D eigenvalue weighted by molar-refractivity contribution is 0.318. The van der Waals surface area contributed by atoms with E-state index in [1.807, 2.05) is 37.7 Å². The van der Waals surface area contributed by atoms with E-state index in [-0.39, 0.29) is 0 Å². The highest BCUT2D eigenvalue weighted by Gasteiger charge is 1.92. The molecule has 0 amide bonds. The fourth-order valence-electron chi connectivity index (χ4n) is 1.03. The van der Waals surface area contributed by atoms with Crippen molar-refractivity contribution in [3.05, 3.63) is 29.8 Å². The SMILES string of the molecule is CC.CSCCCOc1ccc(C)cc1. The lowest BCUT2D eigenvalue weighted by Crippen LogP contribution is -1.98. The Kier molecular flexibility index (Phi) is 9.49. The Morgan fingerprint density at radius 3 is 2.27 bits per heavy atom. The summed E-state index contributed by atoms with van der Waals surface area (Å²) >= 11 is 1.86. The van der Waals surface area contributed by atoms with Crippen LogP contribution in [0.5, 0.6) is 5.75 Å². The van der Waals surface area contributed by atoms with Crippen LogP contribution in [0.4, 0.5) is 0 Å².